The Balaban J connectivity index is 1.82. The normalized spacial score (nSPS) is 10.7. The summed E-state index contributed by atoms with van der Waals surface area (Å²) < 4.78 is 6.03. The summed E-state index contributed by atoms with van der Waals surface area (Å²) in [5.41, 5.74) is 5.32. The molecule has 0 atom stereocenters. The molecule has 0 aliphatic carbocycles. The van der Waals surface area contributed by atoms with E-state index in [-0.39, 0.29) is 17.2 Å². The summed E-state index contributed by atoms with van der Waals surface area (Å²) in [4.78, 5) is 2.06. The number of aryl methyl sites for hydroxylation is 3. The van der Waals surface area contributed by atoms with Crippen molar-refractivity contribution in [3.05, 3.63) is 95.6 Å². The largest absolute Gasteiger partial charge is 0.508 e. The van der Waals surface area contributed by atoms with E-state index in [1.807, 2.05) is 63.2 Å². The number of nitrogens with zero attached hydrogens (tertiary/aromatic N) is 1. The van der Waals surface area contributed by atoms with Gasteiger partial charge < -0.3 is 25.0 Å². The van der Waals surface area contributed by atoms with Gasteiger partial charge in [-0.25, -0.2) is 0 Å². The van der Waals surface area contributed by atoms with Crippen LogP contribution >= 0.6 is 0 Å². The van der Waals surface area contributed by atoms with Crippen molar-refractivity contribution in [2.45, 2.75) is 20.8 Å². The van der Waals surface area contributed by atoms with Crippen LogP contribution < -0.4 is 9.64 Å². The van der Waals surface area contributed by atoms with Crippen molar-refractivity contribution in [2.24, 2.45) is 0 Å². The van der Waals surface area contributed by atoms with Crippen LogP contribution in [0.2, 0.25) is 0 Å². The molecule has 0 radical (unpaired) electrons. The number of phenolic OH excluding ortho intramolecular Hbond substituents is 3. The van der Waals surface area contributed by atoms with E-state index >= 15 is 0 Å². The number of phenols is 3. The molecule has 0 aromatic heterocycles. The minimum atomic E-state index is 0.150. The quantitative estimate of drug-likeness (QED) is 0.320. The maximum Gasteiger partial charge on any atom is 0.131 e. The van der Waals surface area contributed by atoms with Crippen molar-refractivity contribution < 1.29 is 20.1 Å². The molecule has 0 aliphatic heterocycles. The molecule has 5 nitrogen and oxygen atoms in total. The van der Waals surface area contributed by atoms with Crippen LogP contribution in [-0.4, -0.2) is 15.3 Å². The van der Waals surface area contributed by atoms with Crippen molar-refractivity contribution in [2.75, 3.05) is 4.90 Å². The van der Waals surface area contributed by atoms with Gasteiger partial charge in [-0.15, -0.1) is 0 Å². The predicted molar refractivity (Wildman–Crippen MR) is 127 cm³/mol. The molecule has 4 aromatic carbocycles. The van der Waals surface area contributed by atoms with Crippen LogP contribution in [0.4, 0.5) is 17.1 Å². The van der Waals surface area contributed by atoms with Gasteiger partial charge in [0, 0.05) is 29.2 Å². The van der Waals surface area contributed by atoms with Crippen LogP contribution in [0.1, 0.15) is 16.7 Å². The van der Waals surface area contributed by atoms with Gasteiger partial charge in [-0.3, -0.25) is 0 Å². The summed E-state index contributed by atoms with van der Waals surface area (Å²) in [6, 6.07) is 23.2. The lowest BCUT2D eigenvalue weighted by atomic mass is 10.1. The first-order valence-corrected chi connectivity index (χ1v) is 10.3. The zero-order valence-corrected chi connectivity index (χ0v) is 18.2. The molecule has 4 aromatic rings. The molecule has 3 N–H and O–H groups in total. The van der Waals surface area contributed by atoms with Crippen LogP contribution in [0.5, 0.6) is 28.7 Å². The third-order valence-electron chi connectivity index (χ3n) is 5.19. The van der Waals surface area contributed by atoms with Gasteiger partial charge in [-0.2, -0.15) is 0 Å². The summed E-state index contributed by atoms with van der Waals surface area (Å²) in [6.07, 6.45) is 0. The minimum absolute atomic E-state index is 0.150. The van der Waals surface area contributed by atoms with Crippen LogP contribution in [0.15, 0.2) is 78.9 Å². The molecule has 0 heterocycles. The number of aromatic hydroxyl groups is 3. The van der Waals surface area contributed by atoms with Crippen LogP contribution in [0, 0.1) is 20.8 Å². The molecule has 0 saturated carbocycles. The molecule has 0 unspecified atom stereocenters. The van der Waals surface area contributed by atoms with Crippen LogP contribution in [-0.2, 0) is 0 Å². The first-order valence-electron chi connectivity index (χ1n) is 10.3. The van der Waals surface area contributed by atoms with Gasteiger partial charge in [0.05, 0.1) is 0 Å². The van der Waals surface area contributed by atoms with Gasteiger partial charge in [-0.1, -0.05) is 6.07 Å². The highest BCUT2D eigenvalue weighted by molar-refractivity contribution is 5.81. The van der Waals surface area contributed by atoms with E-state index in [0.29, 0.717) is 11.5 Å². The number of anilines is 3. The second-order valence-electron chi connectivity index (χ2n) is 7.88. The summed E-state index contributed by atoms with van der Waals surface area (Å²) in [5, 5.41) is 29.7. The SMILES string of the molecule is Cc1cc(O)cc(Oc2cccc(N(c3ccc(O)cc3C)c3ccc(O)cc3C)c2)c1. The number of ether oxygens (including phenoxy) is 1. The van der Waals surface area contributed by atoms with Gasteiger partial charge in [-0.05, 0) is 98.1 Å². The van der Waals surface area contributed by atoms with E-state index in [2.05, 4.69) is 4.90 Å². The lowest BCUT2D eigenvalue weighted by molar-refractivity contribution is 0.454. The lowest BCUT2D eigenvalue weighted by Gasteiger charge is -2.29. The fourth-order valence-corrected chi connectivity index (χ4v) is 3.80. The average molecular weight is 428 g/mol. The van der Waals surface area contributed by atoms with Crippen molar-refractivity contribution >= 4 is 17.1 Å². The Hall–Kier alpha value is -4.12. The van der Waals surface area contributed by atoms with Crippen LogP contribution in [0.25, 0.3) is 0 Å². The van der Waals surface area contributed by atoms with Gasteiger partial charge >= 0.3 is 0 Å². The Morgan fingerprint density at radius 3 is 1.78 bits per heavy atom. The second kappa shape index (κ2) is 8.55. The van der Waals surface area contributed by atoms with E-state index in [0.717, 1.165) is 33.8 Å². The zero-order chi connectivity index (χ0) is 22.8. The highest BCUT2D eigenvalue weighted by Crippen LogP contribution is 2.41. The van der Waals surface area contributed by atoms with Gasteiger partial charge in [0.15, 0.2) is 0 Å². The number of hydrogen-bond donors (Lipinski definition) is 3. The molecular weight excluding hydrogens is 402 g/mol. The Morgan fingerprint density at radius 1 is 0.594 bits per heavy atom. The molecule has 4 rings (SSSR count). The average Bonchev–Trinajstić information content (AvgIpc) is 2.71. The Morgan fingerprint density at radius 2 is 1.22 bits per heavy atom. The Kier molecular flexibility index (Phi) is 5.65. The summed E-state index contributed by atoms with van der Waals surface area (Å²) in [7, 11) is 0. The summed E-state index contributed by atoms with van der Waals surface area (Å²) >= 11 is 0. The minimum Gasteiger partial charge on any atom is -0.508 e. The Labute approximate surface area is 187 Å². The van der Waals surface area contributed by atoms with Crippen molar-refractivity contribution in [3.63, 3.8) is 0 Å². The third-order valence-corrected chi connectivity index (χ3v) is 5.19. The first-order chi connectivity index (χ1) is 15.3. The fourth-order valence-electron chi connectivity index (χ4n) is 3.80. The molecule has 5 heteroatoms. The van der Waals surface area contributed by atoms with Crippen molar-refractivity contribution in [3.8, 4) is 28.7 Å². The van der Waals surface area contributed by atoms with E-state index in [9.17, 15) is 15.3 Å². The van der Waals surface area contributed by atoms with E-state index in [1.54, 1.807) is 36.4 Å². The zero-order valence-electron chi connectivity index (χ0n) is 18.2. The highest BCUT2D eigenvalue weighted by Gasteiger charge is 2.18. The predicted octanol–water partition coefficient (Wildman–Crippen LogP) is 6.99. The number of hydrogen-bond acceptors (Lipinski definition) is 5. The smallest absolute Gasteiger partial charge is 0.131 e. The highest BCUT2D eigenvalue weighted by atomic mass is 16.5. The van der Waals surface area contributed by atoms with E-state index in [4.69, 9.17) is 4.74 Å². The maximum absolute atomic E-state index is 9.91. The molecule has 0 bridgehead atoms. The van der Waals surface area contributed by atoms with E-state index < -0.39 is 0 Å². The topological polar surface area (TPSA) is 73.2 Å². The summed E-state index contributed by atoms with van der Waals surface area (Å²) in [5.74, 6) is 1.71. The monoisotopic (exact) mass is 427 g/mol. The lowest BCUT2D eigenvalue weighted by Crippen LogP contribution is -2.12. The van der Waals surface area contributed by atoms with Gasteiger partial charge in [0.1, 0.15) is 28.7 Å². The van der Waals surface area contributed by atoms with Crippen molar-refractivity contribution in [1.29, 1.82) is 0 Å². The molecular formula is C27H25NO4. The fraction of sp³-hybridized carbons (Fsp3) is 0.111. The first kappa shape index (κ1) is 21.1. The van der Waals surface area contributed by atoms with Gasteiger partial charge in [0.2, 0.25) is 0 Å². The number of rotatable bonds is 5. The molecule has 0 fully saturated rings. The molecule has 0 aliphatic rings. The summed E-state index contributed by atoms with van der Waals surface area (Å²) in [6.45, 7) is 5.77. The molecule has 0 spiro atoms. The second-order valence-corrected chi connectivity index (χ2v) is 7.88. The molecule has 0 saturated heterocycles. The third kappa shape index (κ3) is 4.47. The van der Waals surface area contributed by atoms with E-state index in [1.165, 1.54) is 0 Å². The van der Waals surface area contributed by atoms with Gasteiger partial charge in [0.25, 0.3) is 0 Å². The standard InChI is InChI=1S/C27H25NO4/c1-17-11-23(31)16-25(12-17)32-24-6-4-5-20(15-24)28(26-9-7-21(29)13-18(26)2)27-10-8-22(30)14-19(27)3/h4-16,29-31H,1-3H3. The van der Waals surface area contributed by atoms with Crippen molar-refractivity contribution in [1.82, 2.24) is 0 Å². The van der Waals surface area contributed by atoms with Crippen LogP contribution in [0.3, 0.4) is 0 Å². The molecule has 32 heavy (non-hydrogen) atoms. The molecule has 162 valence electrons. The number of benzene rings is 4. The Bertz CT molecular complexity index is 1210. The maximum atomic E-state index is 9.91. The molecule has 0 amide bonds.